The number of hydrogen-bond donors (Lipinski definition) is 1. The van der Waals surface area contributed by atoms with E-state index in [1.165, 1.54) is 5.01 Å². The molecule has 0 aromatic heterocycles. The van der Waals surface area contributed by atoms with Crippen molar-refractivity contribution in [2.75, 3.05) is 0 Å². The zero-order valence-corrected chi connectivity index (χ0v) is 12.6. The van der Waals surface area contributed by atoms with E-state index in [2.05, 4.69) is 4.94 Å². The van der Waals surface area contributed by atoms with E-state index in [1.807, 2.05) is 33.8 Å². The quantitative estimate of drug-likeness (QED) is 0.678. The van der Waals surface area contributed by atoms with Gasteiger partial charge in [-0.2, -0.15) is 0 Å². The SMILES string of the molecule is CCc1ccc(C(=O)N(NCl)C(C)(C)C)cc1Cl. The van der Waals surface area contributed by atoms with Gasteiger partial charge in [0.2, 0.25) is 0 Å². The van der Waals surface area contributed by atoms with Gasteiger partial charge in [0.05, 0.1) is 5.54 Å². The Bertz CT molecular complexity index is 441. The molecule has 0 saturated carbocycles. The van der Waals surface area contributed by atoms with Gasteiger partial charge in [0.1, 0.15) is 0 Å². The molecular formula is C13H18Cl2N2O. The Kier molecular flexibility index (Phi) is 5.02. The number of hydrogen-bond acceptors (Lipinski definition) is 2. The van der Waals surface area contributed by atoms with Gasteiger partial charge >= 0.3 is 0 Å². The van der Waals surface area contributed by atoms with E-state index >= 15 is 0 Å². The molecule has 0 aliphatic heterocycles. The van der Waals surface area contributed by atoms with Crippen LogP contribution in [0.2, 0.25) is 5.02 Å². The summed E-state index contributed by atoms with van der Waals surface area (Å²) in [5.74, 6) is -0.206. The summed E-state index contributed by atoms with van der Waals surface area (Å²) in [6.07, 6.45) is 0.837. The normalized spacial score (nSPS) is 11.4. The van der Waals surface area contributed by atoms with Gasteiger partial charge in [-0.25, -0.2) is 0 Å². The van der Waals surface area contributed by atoms with Crippen LogP contribution in [-0.4, -0.2) is 16.5 Å². The zero-order valence-electron chi connectivity index (χ0n) is 11.1. The van der Waals surface area contributed by atoms with Crippen molar-refractivity contribution in [3.05, 3.63) is 34.3 Å². The third kappa shape index (κ3) is 3.37. The third-order valence-electron chi connectivity index (χ3n) is 2.64. The molecule has 5 heteroatoms. The van der Waals surface area contributed by atoms with E-state index < -0.39 is 5.54 Å². The smallest absolute Gasteiger partial charge is 0.268 e. The standard InChI is InChI=1S/C13H18Cl2N2O/c1-5-9-6-7-10(8-11(9)14)12(18)17(16-15)13(2,3)4/h6-8,16H,5H2,1-4H3. The minimum Gasteiger partial charge on any atom is -0.268 e. The van der Waals surface area contributed by atoms with E-state index in [0.717, 1.165) is 12.0 Å². The minimum absolute atomic E-state index is 0.206. The molecule has 100 valence electrons. The lowest BCUT2D eigenvalue weighted by molar-refractivity contribution is 0.0516. The number of amides is 1. The lowest BCUT2D eigenvalue weighted by Crippen LogP contribution is -2.50. The summed E-state index contributed by atoms with van der Waals surface area (Å²) in [4.78, 5) is 14.7. The fraction of sp³-hybridized carbons (Fsp3) is 0.462. The van der Waals surface area contributed by atoms with Crippen LogP contribution < -0.4 is 4.94 Å². The molecule has 0 aliphatic rings. The van der Waals surface area contributed by atoms with Crippen LogP contribution >= 0.6 is 23.4 Å². The average Bonchev–Trinajstić information content (AvgIpc) is 2.27. The summed E-state index contributed by atoms with van der Waals surface area (Å²) in [7, 11) is 0. The molecule has 0 saturated heterocycles. The Morgan fingerprint density at radius 1 is 1.39 bits per heavy atom. The van der Waals surface area contributed by atoms with Crippen LogP contribution in [0.1, 0.15) is 43.6 Å². The largest absolute Gasteiger partial charge is 0.269 e. The summed E-state index contributed by atoms with van der Waals surface area (Å²) in [6, 6.07) is 5.31. The molecule has 1 N–H and O–H groups in total. The third-order valence-corrected chi connectivity index (χ3v) is 3.16. The highest BCUT2D eigenvalue weighted by atomic mass is 35.5. The van der Waals surface area contributed by atoms with Crippen LogP contribution in [0.5, 0.6) is 0 Å². The van der Waals surface area contributed by atoms with Crippen molar-refractivity contribution in [2.45, 2.75) is 39.7 Å². The van der Waals surface area contributed by atoms with E-state index in [9.17, 15) is 4.79 Å². The number of hydrazine groups is 1. The molecular weight excluding hydrogens is 271 g/mol. The number of carbonyl (C=O) groups excluding carboxylic acids is 1. The molecule has 0 heterocycles. The van der Waals surface area contributed by atoms with E-state index in [1.54, 1.807) is 12.1 Å². The molecule has 0 atom stereocenters. The molecule has 0 unspecified atom stereocenters. The zero-order chi connectivity index (χ0) is 13.9. The summed E-state index contributed by atoms with van der Waals surface area (Å²) >= 11 is 11.7. The van der Waals surface area contributed by atoms with Crippen LogP contribution in [0, 0.1) is 0 Å². The van der Waals surface area contributed by atoms with Crippen molar-refractivity contribution in [2.24, 2.45) is 0 Å². The van der Waals surface area contributed by atoms with Crippen LogP contribution in [0.3, 0.4) is 0 Å². The maximum Gasteiger partial charge on any atom is 0.269 e. The number of benzene rings is 1. The van der Waals surface area contributed by atoms with Gasteiger partial charge in [-0.05, 0) is 56.7 Å². The van der Waals surface area contributed by atoms with Crippen LogP contribution in [0.4, 0.5) is 0 Å². The summed E-state index contributed by atoms with van der Waals surface area (Å²) in [5.41, 5.74) is 1.11. The maximum atomic E-state index is 12.3. The topological polar surface area (TPSA) is 32.3 Å². The second kappa shape index (κ2) is 5.91. The highest BCUT2D eigenvalue weighted by Crippen LogP contribution is 2.21. The second-order valence-electron chi connectivity index (χ2n) is 5.06. The summed E-state index contributed by atoms with van der Waals surface area (Å²) < 4.78 is 0. The van der Waals surface area contributed by atoms with Crippen molar-refractivity contribution in [3.8, 4) is 0 Å². The van der Waals surface area contributed by atoms with Crippen LogP contribution in [0.25, 0.3) is 0 Å². The number of rotatable bonds is 3. The van der Waals surface area contributed by atoms with Crippen molar-refractivity contribution in [1.82, 2.24) is 9.95 Å². The molecule has 0 bridgehead atoms. The lowest BCUT2D eigenvalue weighted by Gasteiger charge is -2.33. The summed E-state index contributed by atoms with van der Waals surface area (Å²) in [5, 5.41) is 1.97. The molecule has 1 amide bonds. The maximum absolute atomic E-state index is 12.3. The van der Waals surface area contributed by atoms with Crippen molar-refractivity contribution < 1.29 is 4.79 Å². The second-order valence-corrected chi connectivity index (χ2v) is 5.63. The number of aryl methyl sites for hydroxylation is 1. The average molecular weight is 289 g/mol. The number of halogens is 2. The molecule has 1 aromatic rings. The molecule has 18 heavy (non-hydrogen) atoms. The highest BCUT2D eigenvalue weighted by Gasteiger charge is 2.27. The van der Waals surface area contributed by atoms with Gasteiger partial charge in [0.25, 0.3) is 5.91 Å². The van der Waals surface area contributed by atoms with Gasteiger partial charge in [0, 0.05) is 10.6 Å². The Morgan fingerprint density at radius 3 is 2.39 bits per heavy atom. The fourth-order valence-corrected chi connectivity index (χ4v) is 2.21. The monoisotopic (exact) mass is 288 g/mol. The number of carbonyl (C=O) groups is 1. The van der Waals surface area contributed by atoms with E-state index in [4.69, 9.17) is 23.4 Å². The number of nitrogens with zero attached hydrogens (tertiary/aromatic N) is 1. The molecule has 1 rings (SSSR count). The molecule has 3 nitrogen and oxygen atoms in total. The van der Waals surface area contributed by atoms with Gasteiger partial charge in [0.15, 0.2) is 0 Å². The fourth-order valence-electron chi connectivity index (χ4n) is 1.57. The van der Waals surface area contributed by atoms with Gasteiger partial charge in [-0.3, -0.25) is 9.80 Å². The molecule has 0 spiro atoms. The summed E-state index contributed by atoms with van der Waals surface area (Å²) in [6.45, 7) is 7.69. The first kappa shape index (κ1) is 15.3. The first-order chi connectivity index (χ1) is 8.31. The van der Waals surface area contributed by atoms with Crippen LogP contribution in [-0.2, 0) is 6.42 Å². The Labute approximate surface area is 118 Å². The van der Waals surface area contributed by atoms with Gasteiger partial charge in [-0.15, -0.1) is 4.94 Å². The Hall–Kier alpha value is -0.770. The first-order valence-electron chi connectivity index (χ1n) is 5.80. The van der Waals surface area contributed by atoms with E-state index in [0.29, 0.717) is 10.6 Å². The molecule has 0 aliphatic carbocycles. The first-order valence-corrected chi connectivity index (χ1v) is 6.56. The lowest BCUT2D eigenvalue weighted by atomic mass is 10.1. The van der Waals surface area contributed by atoms with E-state index in [-0.39, 0.29) is 5.91 Å². The Balaban J connectivity index is 3.07. The molecule has 0 radical (unpaired) electrons. The van der Waals surface area contributed by atoms with Crippen LogP contribution in [0.15, 0.2) is 18.2 Å². The van der Waals surface area contributed by atoms with Gasteiger partial charge < -0.3 is 0 Å². The number of nitrogens with one attached hydrogen (secondary N) is 1. The molecule has 1 aromatic carbocycles. The minimum atomic E-state index is -0.422. The predicted molar refractivity (Wildman–Crippen MR) is 75.7 cm³/mol. The highest BCUT2D eigenvalue weighted by molar-refractivity contribution is 6.31. The Morgan fingerprint density at radius 2 is 2.00 bits per heavy atom. The van der Waals surface area contributed by atoms with Crippen molar-refractivity contribution >= 4 is 29.3 Å². The van der Waals surface area contributed by atoms with Gasteiger partial charge in [-0.1, -0.05) is 24.6 Å². The van der Waals surface area contributed by atoms with Crippen molar-refractivity contribution in [1.29, 1.82) is 0 Å². The van der Waals surface area contributed by atoms with Crippen molar-refractivity contribution in [3.63, 3.8) is 0 Å². The predicted octanol–water partition coefficient (Wildman–Crippen LogP) is 3.80. The molecule has 0 fully saturated rings.